The number of aryl methyl sites for hydroxylation is 1. The topological polar surface area (TPSA) is 92.7 Å². The Bertz CT molecular complexity index is 768. The van der Waals surface area contributed by atoms with Crippen LogP contribution in [-0.4, -0.2) is 17.0 Å². The Kier molecular flexibility index (Phi) is 3.55. The maximum absolute atomic E-state index is 12.3. The lowest BCUT2D eigenvalue weighted by atomic mass is 9.74. The molecule has 23 heavy (non-hydrogen) atoms. The van der Waals surface area contributed by atoms with Gasteiger partial charge in [-0.3, -0.25) is 4.79 Å². The van der Waals surface area contributed by atoms with Gasteiger partial charge in [0.05, 0.1) is 6.04 Å². The lowest BCUT2D eigenvalue weighted by molar-refractivity contribution is 0.0659. The molecule has 1 atom stereocenters. The van der Waals surface area contributed by atoms with E-state index in [-0.39, 0.29) is 23.0 Å². The van der Waals surface area contributed by atoms with Crippen molar-refractivity contribution in [2.24, 2.45) is 5.41 Å². The molecule has 0 aromatic carbocycles. The predicted molar refractivity (Wildman–Crippen MR) is 81.4 cm³/mol. The van der Waals surface area contributed by atoms with Crippen molar-refractivity contribution < 1.29 is 23.5 Å². The van der Waals surface area contributed by atoms with E-state index in [0.29, 0.717) is 0 Å². The third-order valence-corrected chi connectivity index (χ3v) is 4.08. The van der Waals surface area contributed by atoms with Gasteiger partial charge in [-0.15, -0.1) is 0 Å². The molecule has 0 bridgehead atoms. The Morgan fingerprint density at radius 2 is 1.96 bits per heavy atom. The second-order valence-electron chi connectivity index (χ2n) is 6.78. The van der Waals surface area contributed by atoms with E-state index in [1.807, 2.05) is 13.0 Å². The van der Waals surface area contributed by atoms with Gasteiger partial charge in [0.1, 0.15) is 11.5 Å². The largest absolute Gasteiger partial charge is 0.475 e. The molecule has 6 heteroatoms. The number of fused-ring (bicyclic) bond motifs is 1. The molecular formula is C17H19NO5. The third kappa shape index (κ3) is 3.02. The molecule has 0 spiro atoms. The minimum atomic E-state index is -1.20. The summed E-state index contributed by atoms with van der Waals surface area (Å²) >= 11 is 0. The lowest BCUT2D eigenvalue weighted by Gasteiger charge is -2.34. The fourth-order valence-electron chi connectivity index (χ4n) is 3.12. The summed E-state index contributed by atoms with van der Waals surface area (Å²) in [6, 6.07) is 4.40. The van der Waals surface area contributed by atoms with Gasteiger partial charge in [0, 0.05) is 12.0 Å². The highest BCUT2D eigenvalue weighted by Gasteiger charge is 2.36. The smallest absolute Gasteiger partial charge is 0.371 e. The zero-order valence-electron chi connectivity index (χ0n) is 13.3. The average molecular weight is 317 g/mol. The van der Waals surface area contributed by atoms with Crippen molar-refractivity contribution in [3.05, 3.63) is 46.8 Å². The first-order chi connectivity index (χ1) is 10.7. The van der Waals surface area contributed by atoms with Gasteiger partial charge >= 0.3 is 5.97 Å². The van der Waals surface area contributed by atoms with Crippen LogP contribution >= 0.6 is 0 Å². The summed E-state index contributed by atoms with van der Waals surface area (Å²) in [6.45, 7) is 6.14. The standard InChI is InChI=1S/C17H19NO5/c1-9-6-10-11(7-17(2,3)8-14(10)22-9)18-15(19)12-4-5-13(23-12)16(20)21/h4-6,11H,7-8H2,1-3H3,(H,18,19)(H,20,21). The van der Waals surface area contributed by atoms with Gasteiger partial charge in [0.2, 0.25) is 5.76 Å². The van der Waals surface area contributed by atoms with Crippen LogP contribution in [0.25, 0.3) is 0 Å². The highest BCUT2D eigenvalue weighted by Crippen LogP contribution is 2.42. The monoisotopic (exact) mass is 317 g/mol. The van der Waals surface area contributed by atoms with E-state index >= 15 is 0 Å². The molecule has 122 valence electrons. The molecule has 2 heterocycles. The molecule has 0 aliphatic heterocycles. The Balaban J connectivity index is 1.83. The molecule has 0 fully saturated rings. The molecule has 1 amide bonds. The predicted octanol–water partition coefficient (Wildman–Crippen LogP) is 3.32. The van der Waals surface area contributed by atoms with E-state index in [1.54, 1.807) is 0 Å². The number of aromatic carboxylic acids is 1. The molecule has 2 aromatic heterocycles. The fourth-order valence-corrected chi connectivity index (χ4v) is 3.12. The van der Waals surface area contributed by atoms with Crippen LogP contribution in [0.3, 0.4) is 0 Å². The van der Waals surface area contributed by atoms with E-state index < -0.39 is 11.9 Å². The summed E-state index contributed by atoms with van der Waals surface area (Å²) in [5.41, 5.74) is 0.991. The molecule has 0 radical (unpaired) electrons. The van der Waals surface area contributed by atoms with Crippen LogP contribution < -0.4 is 5.32 Å². The number of rotatable bonds is 3. The Hall–Kier alpha value is -2.50. The highest BCUT2D eigenvalue weighted by atomic mass is 16.4. The number of amides is 1. The van der Waals surface area contributed by atoms with Crippen molar-refractivity contribution in [1.29, 1.82) is 0 Å². The fraction of sp³-hybridized carbons (Fsp3) is 0.412. The Labute approximate surface area is 133 Å². The van der Waals surface area contributed by atoms with E-state index in [4.69, 9.17) is 13.9 Å². The van der Waals surface area contributed by atoms with Gasteiger partial charge in [-0.2, -0.15) is 0 Å². The van der Waals surface area contributed by atoms with Crippen LogP contribution in [-0.2, 0) is 6.42 Å². The number of carbonyl (C=O) groups is 2. The first kappa shape index (κ1) is 15.4. The first-order valence-corrected chi connectivity index (χ1v) is 7.48. The number of carbonyl (C=O) groups excluding carboxylic acids is 1. The molecule has 0 saturated heterocycles. The van der Waals surface area contributed by atoms with Crippen molar-refractivity contribution in [3.8, 4) is 0 Å². The molecule has 0 saturated carbocycles. The Morgan fingerprint density at radius 3 is 2.61 bits per heavy atom. The molecule has 1 unspecified atom stereocenters. The van der Waals surface area contributed by atoms with Crippen LogP contribution in [0.4, 0.5) is 0 Å². The quantitative estimate of drug-likeness (QED) is 0.906. The minimum absolute atomic E-state index is 0.00459. The zero-order chi connectivity index (χ0) is 16.8. The zero-order valence-corrected chi connectivity index (χ0v) is 13.3. The SMILES string of the molecule is Cc1cc2c(o1)CC(C)(C)CC2NC(=O)c1ccc(C(=O)O)o1. The molecule has 6 nitrogen and oxygen atoms in total. The van der Waals surface area contributed by atoms with Crippen molar-refractivity contribution >= 4 is 11.9 Å². The number of carboxylic acids is 1. The van der Waals surface area contributed by atoms with Gasteiger partial charge in [-0.25, -0.2) is 4.79 Å². The highest BCUT2D eigenvalue weighted by molar-refractivity contribution is 5.93. The summed E-state index contributed by atoms with van der Waals surface area (Å²) in [4.78, 5) is 23.2. The van der Waals surface area contributed by atoms with Crippen LogP contribution in [0.15, 0.2) is 27.0 Å². The number of hydrogen-bond acceptors (Lipinski definition) is 4. The van der Waals surface area contributed by atoms with Gasteiger partial charge in [0.25, 0.3) is 5.91 Å². The van der Waals surface area contributed by atoms with E-state index in [1.165, 1.54) is 12.1 Å². The van der Waals surface area contributed by atoms with Crippen molar-refractivity contribution in [2.45, 2.75) is 39.7 Å². The second kappa shape index (κ2) is 5.30. The van der Waals surface area contributed by atoms with Crippen LogP contribution in [0, 0.1) is 12.3 Å². The van der Waals surface area contributed by atoms with E-state index in [0.717, 1.165) is 29.9 Å². The van der Waals surface area contributed by atoms with Crippen molar-refractivity contribution in [2.75, 3.05) is 0 Å². The van der Waals surface area contributed by atoms with Crippen molar-refractivity contribution in [3.63, 3.8) is 0 Å². The normalized spacial score (nSPS) is 19.2. The van der Waals surface area contributed by atoms with Crippen LogP contribution in [0.5, 0.6) is 0 Å². The summed E-state index contributed by atoms with van der Waals surface area (Å²) in [5.74, 6) is -0.167. The number of nitrogens with one attached hydrogen (secondary N) is 1. The maximum atomic E-state index is 12.3. The van der Waals surface area contributed by atoms with Gasteiger partial charge in [-0.1, -0.05) is 13.8 Å². The van der Waals surface area contributed by atoms with Gasteiger partial charge in [0.15, 0.2) is 5.76 Å². The number of carboxylic acid groups (broad SMARTS) is 1. The van der Waals surface area contributed by atoms with Crippen LogP contribution in [0.1, 0.15) is 64.5 Å². The number of hydrogen-bond donors (Lipinski definition) is 2. The minimum Gasteiger partial charge on any atom is -0.475 e. The molecule has 3 rings (SSSR count). The molecule has 1 aliphatic carbocycles. The van der Waals surface area contributed by atoms with Gasteiger partial charge in [-0.05, 0) is 37.0 Å². The summed E-state index contributed by atoms with van der Waals surface area (Å²) < 4.78 is 10.8. The second-order valence-corrected chi connectivity index (χ2v) is 6.78. The van der Waals surface area contributed by atoms with E-state index in [2.05, 4.69) is 19.2 Å². The molecule has 2 N–H and O–H groups in total. The molecule has 1 aliphatic rings. The molecule has 2 aromatic rings. The summed E-state index contributed by atoms with van der Waals surface area (Å²) in [5, 5.41) is 11.8. The first-order valence-electron chi connectivity index (χ1n) is 7.48. The van der Waals surface area contributed by atoms with Gasteiger partial charge < -0.3 is 19.3 Å². The summed E-state index contributed by atoms with van der Waals surface area (Å²) in [6.07, 6.45) is 1.60. The third-order valence-electron chi connectivity index (χ3n) is 4.08. The Morgan fingerprint density at radius 1 is 1.26 bits per heavy atom. The van der Waals surface area contributed by atoms with E-state index in [9.17, 15) is 9.59 Å². The maximum Gasteiger partial charge on any atom is 0.371 e. The van der Waals surface area contributed by atoms with Crippen LogP contribution in [0.2, 0.25) is 0 Å². The molecular weight excluding hydrogens is 298 g/mol. The van der Waals surface area contributed by atoms with Crippen molar-refractivity contribution in [1.82, 2.24) is 5.32 Å². The number of furan rings is 2. The summed E-state index contributed by atoms with van der Waals surface area (Å²) in [7, 11) is 0. The average Bonchev–Trinajstić information content (AvgIpc) is 3.03. The lowest BCUT2D eigenvalue weighted by Crippen LogP contribution is -2.35.